The summed E-state index contributed by atoms with van der Waals surface area (Å²) >= 11 is -0.491. The molecule has 0 fully saturated rings. The van der Waals surface area contributed by atoms with Crippen LogP contribution in [0, 0.1) is 0 Å². The highest BCUT2D eigenvalue weighted by Gasteiger charge is 2.57. The molecule has 0 unspecified atom stereocenters. The molecular weight excluding hydrogens is 187 g/mol. The molecule has 0 bridgehead atoms. The summed E-state index contributed by atoms with van der Waals surface area (Å²) in [6.45, 7) is 3.02. The highest BCUT2D eigenvalue weighted by molar-refractivity contribution is 8.00. The minimum absolute atomic E-state index is 0.424. The van der Waals surface area contributed by atoms with E-state index in [4.69, 9.17) is 0 Å². The Kier molecular flexibility index (Phi) is 3.34. The van der Waals surface area contributed by atoms with Gasteiger partial charge in [0.15, 0.2) is 0 Å². The Morgan fingerprint density at radius 1 is 1.18 bits per heavy atom. The molecule has 0 rings (SSSR count). The van der Waals surface area contributed by atoms with E-state index in [2.05, 4.69) is 6.58 Å². The zero-order valence-electron chi connectivity index (χ0n) is 5.29. The molecular formula is C5H5F5S. The van der Waals surface area contributed by atoms with Crippen LogP contribution in [0.15, 0.2) is 12.7 Å². The number of hydrogen-bond acceptors (Lipinski definition) is 1. The standard InChI is InChI=1S/C5H5F5S/c1-2-3-11-5(9,10)4(6,7)8/h2H,1,3H2. The van der Waals surface area contributed by atoms with Crippen LogP contribution in [0.2, 0.25) is 0 Å². The molecule has 0 N–H and O–H groups in total. The molecule has 0 spiro atoms. The Morgan fingerprint density at radius 3 is 1.91 bits per heavy atom. The van der Waals surface area contributed by atoms with Crippen molar-refractivity contribution in [1.29, 1.82) is 0 Å². The van der Waals surface area contributed by atoms with Crippen LogP contribution in [0.4, 0.5) is 22.0 Å². The van der Waals surface area contributed by atoms with Crippen LogP contribution in [0.1, 0.15) is 0 Å². The summed E-state index contributed by atoms with van der Waals surface area (Å²) in [7, 11) is 0. The van der Waals surface area contributed by atoms with Gasteiger partial charge in [-0.05, 0) is 0 Å². The van der Waals surface area contributed by atoms with Gasteiger partial charge in [-0.2, -0.15) is 22.0 Å². The maximum absolute atomic E-state index is 11.9. The van der Waals surface area contributed by atoms with Gasteiger partial charge in [0.2, 0.25) is 0 Å². The molecule has 0 aliphatic rings. The SMILES string of the molecule is C=CCSC(F)(F)C(F)(F)F. The molecule has 0 aliphatic heterocycles. The fourth-order valence-corrected chi connectivity index (χ4v) is 0.736. The summed E-state index contributed by atoms with van der Waals surface area (Å²) in [4.78, 5) is 0. The average Bonchev–Trinajstić information content (AvgIpc) is 1.81. The first-order valence-corrected chi connectivity index (χ1v) is 3.49. The zero-order chi connectivity index (χ0) is 9.12. The Balaban J connectivity index is 4.10. The number of halogens is 5. The molecule has 0 radical (unpaired) electrons. The lowest BCUT2D eigenvalue weighted by molar-refractivity contribution is -0.237. The van der Waals surface area contributed by atoms with Gasteiger partial charge in [0.05, 0.1) is 0 Å². The van der Waals surface area contributed by atoms with E-state index in [-0.39, 0.29) is 0 Å². The van der Waals surface area contributed by atoms with Gasteiger partial charge >= 0.3 is 11.4 Å². The monoisotopic (exact) mass is 192 g/mol. The van der Waals surface area contributed by atoms with Crippen molar-refractivity contribution < 1.29 is 22.0 Å². The maximum Gasteiger partial charge on any atom is 0.464 e. The average molecular weight is 192 g/mol. The van der Waals surface area contributed by atoms with Gasteiger partial charge in [-0.1, -0.05) is 17.8 Å². The normalized spacial score (nSPS) is 13.2. The van der Waals surface area contributed by atoms with Gasteiger partial charge in [-0.25, -0.2) is 0 Å². The summed E-state index contributed by atoms with van der Waals surface area (Å²) in [5, 5.41) is -4.67. The van der Waals surface area contributed by atoms with Gasteiger partial charge in [0, 0.05) is 5.75 Å². The van der Waals surface area contributed by atoms with E-state index in [1.54, 1.807) is 0 Å². The topological polar surface area (TPSA) is 0 Å². The molecule has 0 atom stereocenters. The first kappa shape index (κ1) is 10.7. The van der Waals surface area contributed by atoms with Crippen molar-refractivity contribution in [3.8, 4) is 0 Å². The van der Waals surface area contributed by atoms with Crippen LogP contribution in [0.25, 0.3) is 0 Å². The fourth-order valence-electron chi connectivity index (χ4n) is 0.245. The van der Waals surface area contributed by atoms with E-state index in [1.165, 1.54) is 0 Å². The van der Waals surface area contributed by atoms with Crippen molar-refractivity contribution in [1.82, 2.24) is 0 Å². The van der Waals surface area contributed by atoms with Gasteiger partial charge in [0.1, 0.15) is 0 Å². The van der Waals surface area contributed by atoms with Crippen LogP contribution in [0.3, 0.4) is 0 Å². The second kappa shape index (κ2) is 3.42. The second-order valence-electron chi connectivity index (χ2n) is 1.61. The lowest BCUT2D eigenvalue weighted by Crippen LogP contribution is -2.32. The third-order valence-electron chi connectivity index (χ3n) is 0.712. The van der Waals surface area contributed by atoms with Crippen molar-refractivity contribution in [3.63, 3.8) is 0 Å². The minimum atomic E-state index is -5.47. The van der Waals surface area contributed by atoms with Crippen LogP contribution in [-0.2, 0) is 0 Å². The smallest absolute Gasteiger partial charge is 0.184 e. The van der Waals surface area contributed by atoms with Gasteiger partial charge in [0.25, 0.3) is 0 Å². The van der Waals surface area contributed by atoms with Crippen molar-refractivity contribution in [2.45, 2.75) is 11.4 Å². The summed E-state index contributed by atoms with van der Waals surface area (Å²) in [6.07, 6.45) is -4.48. The molecule has 0 saturated heterocycles. The highest BCUT2D eigenvalue weighted by atomic mass is 32.2. The van der Waals surface area contributed by atoms with Crippen LogP contribution >= 0.6 is 11.8 Å². The predicted molar refractivity (Wildman–Crippen MR) is 33.7 cm³/mol. The lowest BCUT2D eigenvalue weighted by atomic mass is 10.7. The summed E-state index contributed by atoms with van der Waals surface area (Å²) < 4.78 is 57.9. The molecule has 0 aromatic carbocycles. The second-order valence-corrected chi connectivity index (χ2v) is 2.75. The van der Waals surface area contributed by atoms with Crippen molar-refractivity contribution in [2.24, 2.45) is 0 Å². The first-order valence-electron chi connectivity index (χ1n) is 2.50. The first-order chi connectivity index (χ1) is 4.81. The number of rotatable bonds is 3. The molecule has 0 aromatic heterocycles. The van der Waals surface area contributed by atoms with Crippen molar-refractivity contribution in [2.75, 3.05) is 5.75 Å². The third kappa shape index (κ3) is 3.09. The lowest BCUT2D eigenvalue weighted by Gasteiger charge is -2.17. The molecule has 0 nitrogen and oxygen atoms in total. The maximum atomic E-state index is 11.9. The molecule has 0 aliphatic carbocycles. The van der Waals surface area contributed by atoms with Gasteiger partial charge in [-0.3, -0.25) is 0 Å². The zero-order valence-corrected chi connectivity index (χ0v) is 6.11. The van der Waals surface area contributed by atoms with E-state index in [0.717, 1.165) is 6.08 Å². The molecule has 0 aromatic rings. The van der Waals surface area contributed by atoms with E-state index >= 15 is 0 Å². The molecule has 0 heterocycles. The Labute approximate surface area is 64.5 Å². The molecule has 0 saturated carbocycles. The summed E-state index contributed by atoms with van der Waals surface area (Å²) in [5.74, 6) is -0.424. The summed E-state index contributed by atoms with van der Waals surface area (Å²) in [5.41, 5.74) is 0. The molecule has 0 amide bonds. The van der Waals surface area contributed by atoms with E-state index in [9.17, 15) is 22.0 Å². The molecule has 11 heavy (non-hydrogen) atoms. The van der Waals surface area contributed by atoms with E-state index in [1.807, 2.05) is 0 Å². The fraction of sp³-hybridized carbons (Fsp3) is 0.600. The van der Waals surface area contributed by atoms with E-state index in [0.29, 0.717) is 0 Å². The molecule has 6 heteroatoms. The van der Waals surface area contributed by atoms with Gasteiger partial charge < -0.3 is 0 Å². The third-order valence-corrected chi connectivity index (χ3v) is 1.71. The Hall–Kier alpha value is -0.260. The van der Waals surface area contributed by atoms with Crippen LogP contribution < -0.4 is 0 Å². The largest absolute Gasteiger partial charge is 0.464 e. The quantitative estimate of drug-likeness (QED) is 0.489. The van der Waals surface area contributed by atoms with Gasteiger partial charge in [-0.15, -0.1) is 6.58 Å². The summed E-state index contributed by atoms with van der Waals surface area (Å²) in [6, 6.07) is 0. The van der Waals surface area contributed by atoms with Crippen molar-refractivity contribution >= 4 is 11.8 Å². The van der Waals surface area contributed by atoms with Crippen LogP contribution in [-0.4, -0.2) is 17.2 Å². The Bertz CT molecular complexity index is 138. The predicted octanol–water partition coefficient (Wildman–Crippen LogP) is 3.06. The highest BCUT2D eigenvalue weighted by Crippen LogP contribution is 2.43. The molecule has 66 valence electrons. The van der Waals surface area contributed by atoms with Crippen molar-refractivity contribution in [3.05, 3.63) is 12.7 Å². The number of alkyl halides is 5. The number of thioether (sulfide) groups is 1. The van der Waals surface area contributed by atoms with E-state index < -0.39 is 28.9 Å². The van der Waals surface area contributed by atoms with Crippen LogP contribution in [0.5, 0.6) is 0 Å². The Morgan fingerprint density at radius 2 is 1.64 bits per heavy atom. The minimum Gasteiger partial charge on any atom is -0.184 e. The number of hydrogen-bond donors (Lipinski definition) is 0.